The number of carbonyl (C=O) groups is 1. The number of rotatable bonds is 2. The predicted molar refractivity (Wildman–Crippen MR) is 77.6 cm³/mol. The summed E-state index contributed by atoms with van der Waals surface area (Å²) >= 11 is 0. The fourth-order valence-electron chi connectivity index (χ4n) is 2.31. The molecular weight excluding hydrogens is 270 g/mol. The molecule has 1 aliphatic heterocycles. The molecule has 1 aromatic heterocycles. The standard InChI is InChI=1S/C15H17N3O3/c1-16-15(19)11-9-18(2)17-14(11)10-4-5-12-13(8-10)21-7-3-6-20-12/h4-5,8-9H,3,6-7H2,1-2H3,(H,16,19). The van der Waals surface area contributed by atoms with Gasteiger partial charge in [-0.3, -0.25) is 9.48 Å². The average Bonchev–Trinajstić information content (AvgIpc) is 2.74. The van der Waals surface area contributed by atoms with E-state index in [1.54, 1.807) is 25.0 Å². The maximum Gasteiger partial charge on any atom is 0.254 e. The van der Waals surface area contributed by atoms with Crippen molar-refractivity contribution in [3.63, 3.8) is 0 Å². The third-order valence-electron chi connectivity index (χ3n) is 3.32. The molecule has 6 nitrogen and oxygen atoms in total. The van der Waals surface area contributed by atoms with E-state index in [0.29, 0.717) is 30.2 Å². The third-order valence-corrected chi connectivity index (χ3v) is 3.32. The number of hydrogen-bond acceptors (Lipinski definition) is 4. The highest BCUT2D eigenvalue weighted by Gasteiger charge is 2.18. The first-order chi connectivity index (χ1) is 10.2. The lowest BCUT2D eigenvalue weighted by Gasteiger charge is -2.09. The van der Waals surface area contributed by atoms with Gasteiger partial charge in [-0.2, -0.15) is 5.10 Å². The van der Waals surface area contributed by atoms with E-state index in [0.717, 1.165) is 17.7 Å². The largest absolute Gasteiger partial charge is 0.490 e. The van der Waals surface area contributed by atoms with Crippen molar-refractivity contribution < 1.29 is 14.3 Å². The summed E-state index contributed by atoms with van der Waals surface area (Å²) in [4.78, 5) is 11.9. The van der Waals surface area contributed by atoms with E-state index in [2.05, 4.69) is 10.4 Å². The number of nitrogens with zero attached hydrogens (tertiary/aromatic N) is 2. The van der Waals surface area contributed by atoms with E-state index in [1.165, 1.54) is 0 Å². The first-order valence-corrected chi connectivity index (χ1v) is 6.85. The van der Waals surface area contributed by atoms with Gasteiger partial charge >= 0.3 is 0 Å². The van der Waals surface area contributed by atoms with E-state index in [1.807, 2.05) is 18.2 Å². The van der Waals surface area contributed by atoms with Crippen LogP contribution >= 0.6 is 0 Å². The Morgan fingerprint density at radius 3 is 2.81 bits per heavy atom. The Kier molecular flexibility index (Phi) is 3.51. The zero-order valence-electron chi connectivity index (χ0n) is 12.0. The van der Waals surface area contributed by atoms with Gasteiger partial charge in [-0.15, -0.1) is 0 Å². The van der Waals surface area contributed by atoms with Gasteiger partial charge in [0.2, 0.25) is 0 Å². The van der Waals surface area contributed by atoms with Crippen LogP contribution in [0.15, 0.2) is 24.4 Å². The summed E-state index contributed by atoms with van der Waals surface area (Å²) in [5.41, 5.74) is 2.00. The lowest BCUT2D eigenvalue weighted by molar-refractivity contribution is 0.0963. The van der Waals surface area contributed by atoms with Crippen molar-refractivity contribution in [1.29, 1.82) is 0 Å². The Morgan fingerprint density at radius 1 is 1.29 bits per heavy atom. The quantitative estimate of drug-likeness (QED) is 0.911. The van der Waals surface area contributed by atoms with Gasteiger partial charge in [0.1, 0.15) is 5.69 Å². The second-order valence-electron chi connectivity index (χ2n) is 4.86. The molecule has 3 rings (SSSR count). The SMILES string of the molecule is CNC(=O)c1cn(C)nc1-c1ccc2c(c1)OCCCO2. The highest BCUT2D eigenvalue weighted by Crippen LogP contribution is 2.34. The smallest absolute Gasteiger partial charge is 0.254 e. The second-order valence-corrected chi connectivity index (χ2v) is 4.86. The van der Waals surface area contributed by atoms with Crippen molar-refractivity contribution in [2.75, 3.05) is 20.3 Å². The maximum absolute atomic E-state index is 11.9. The first kappa shape index (κ1) is 13.5. The number of aromatic nitrogens is 2. The summed E-state index contributed by atoms with van der Waals surface area (Å²) in [6.45, 7) is 1.28. The van der Waals surface area contributed by atoms with E-state index in [4.69, 9.17) is 9.47 Å². The molecule has 1 N–H and O–H groups in total. The number of fused-ring (bicyclic) bond motifs is 1. The lowest BCUT2D eigenvalue weighted by Crippen LogP contribution is -2.17. The molecule has 0 atom stereocenters. The Morgan fingerprint density at radius 2 is 2.05 bits per heavy atom. The summed E-state index contributed by atoms with van der Waals surface area (Å²) in [7, 11) is 3.39. The van der Waals surface area contributed by atoms with Gasteiger partial charge in [0, 0.05) is 32.3 Å². The molecule has 0 saturated carbocycles. The van der Waals surface area contributed by atoms with E-state index in [9.17, 15) is 4.79 Å². The average molecular weight is 287 g/mol. The fourth-order valence-corrected chi connectivity index (χ4v) is 2.31. The highest BCUT2D eigenvalue weighted by molar-refractivity contribution is 5.99. The van der Waals surface area contributed by atoms with E-state index < -0.39 is 0 Å². The van der Waals surface area contributed by atoms with Crippen LogP contribution in [0.25, 0.3) is 11.3 Å². The maximum atomic E-state index is 11.9. The van der Waals surface area contributed by atoms with Crippen LogP contribution in [-0.2, 0) is 7.05 Å². The van der Waals surface area contributed by atoms with Crippen LogP contribution < -0.4 is 14.8 Å². The summed E-state index contributed by atoms with van der Waals surface area (Å²) < 4.78 is 12.9. The molecule has 2 aromatic rings. The molecule has 6 heteroatoms. The Balaban J connectivity index is 2.05. The molecule has 21 heavy (non-hydrogen) atoms. The number of nitrogens with one attached hydrogen (secondary N) is 1. The van der Waals surface area contributed by atoms with Crippen molar-refractivity contribution in [1.82, 2.24) is 15.1 Å². The predicted octanol–water partition coefficient (Wildman–Crippen LogP) is 1.61. The first-order valence-electron chi connectivity index (χ1n) is 6.85. The van der Waals surface area contributed by atoms with Gasteiger partial charge in [-0.05, 0) is 18.2 Å². The number of carbonyl (C=O) groups excluding carboxylic acids is 1. The molecule has 1 amide bonds. The van der Waals surface area contributed by atoms with Crippen molar-refractivity contribution in [3.8, 4) is 22.8 Å². The lowest BCUT2D eigenvalue weighted by atomic mass is 10.1. The molecule has 0 fully saturated rings. The van der Waals surface area contributed by atoms with Crippen LogP contribution in [0.2, 0.25) is 0 Å². The van der Waals surface area contributed by atoms with Gasteiger partial charge in [-0.1, -0.05) is 0 Å². The Bertz CT molecular complexity index is 679. The van der Waals surface area contributed by atoms with Crippen LogP contribution in [-0.4, -0.2) is 35.9 Å². The molecule has 1 aliphatic rings. The molecule has 0 aliphatic carbocycles. The van der Waals surface area contributed by atoms with Gasteiger partial charge < -0.3 is 14.8 Å². The van der Waals surface area contributed by atoms with E-state index in [-0.39, 0.29) is 5.91 Å². The summed E-state index contributed by atoms with van der Waals surface area (Å²) in [6, 6.07) is 5.62. The molecule has 110 valence electrons. The van der Waals surface area contributed by atoms with E-state index >= 15 is 0 Å². The summed E-state index contributed by atoms with van der Waals surface area (Å²) in [5, 5.41) is 7.01. The second kappa shape index (κ2) is 5.47. The van der Waals surface area contributed by atoms with Gasteiger partial charge in [0.25, 0.3) is 5.91 Å². The number of amides is 1. The molecule has 0 radical (unpaired) electrons. The molecule has 1 aromatic carbocycles. The minimum absolute atomic E-state index is 0.162. The monoisotopic (exact) mass is 287 g/mol. The number of ether oxygens (including phenoxy) is 2. The molecule has 0 unspecified atom stereocenters. The normalized spacial score (nSPS) is 13.6. The number of aryl methyl sites for hydroxylation is 1. The van der Waals surface area contributed by atoms with Crippen molar-refractivity contribution in [2.45, 2.75) is 6.42 Å². The molecule has 0 saturated heterocycles. The van der Waals surface area contributed by atoms with Crippen LogP contribution in [0.3, 0.4) is 0 Å². The Labute approximate surface area is 122 Å². The van der Waals surface area contributed by atoms with Crippen LogP contribution in [0.4, 0.5) is 0 Å². The third kappa shape index (κ3) is 2.56. The van der Waals surface area contributed by atoms with Gasteiger partial charge in [0.05, 0.1) is 18.8 Å². The molecule has 0 spiro atoms. The minimum atomic E-state index is -0.162. The molecule has 0 bridgehead atoms. The van der Waals surface area contributed by atoms with Gasteiger partial charge in [0.15, 0.2) is 11.5 Å². The van der Waals surface area contributed by atoms with Crippen LogP contribution in [0.1, 0.15) is 16.8 Å². The Hall–Kier alpha value is -2.50. The van der Waals surface area contributed by atoms with Crippen molar-refractivity contribution in [2.24, 2.45) is 7.05 Å². The van der Waals surface area contributed by atoms with Gasteiger partial charge in [-0.25, -0.2) is 0 Å². The number of benzene rings is 1. The molecule has 2 heterocycles. The van der Waals surface area contributed by atoms with Crippen LogP contribution in [0.5, 0.6) is 11.5 Å². The zero-order valence-corrected chi connectivity index (χ0v) is 12.0. The van der Waals surface area contributed by atoms with Crippen LogP contribution in [0, 0.1) is 0 Å². The highest BCUT2D eigenvalue weighted by atomic mass is 16.5. The topological polar surface area (TPSA) is 65.4 Å². The molecular formula is C15H17N3O3. The summed E-state index contributed by atoms with van der Waals surface area (Å²) in [5.74, 6) is 1.26. The number of hydrogen-bond donors (Lipinski definition) is 1. The summed E-state index contributed by atoms with van der Waals surface area (Å²) in [6.07, 6.45) is 2.56. The zero-order chi connectivity index (χ0) is 14.8. The minimum Gasteiger partial charge on any atom is -0.490 e. The fraction of sp³-hybridized carbons (Fsp3) is 0.333. The van der Waals surface area contributed by atoms with Crippen molar-refractivity contribution >= 4 is 5.91 Å². The van der Waals surface area contributed by atoms with Crippen molar-refractivity contribution in [3.05, 3.63) is 30.0 Å².